The summed E-state index contributed by atoms with van der Waals surface area (Å²) in [4.78, 5) is 40.3. The Balaban J connectivity index is 2.06. The molecular formula is C23H29FN4O4. The van der Waals surface area contributed by atoms with Gasteiger partial charge in [-0.15, -0.1) is 0 Å². The number of esters is 1. The molecule has 172 valence electrons. The molecule has 2 amide bonds. The predicted molar refractivity (Wildman–Crippen MR) is 117 cm³/mol. The zero-order chi connectivity index (χ0) is 23.6. The molecule has 2 heterocycles. The molecule has 1 aliphatic rings. The number of fused-ring (bicyclic) bond motifs is 1. The van der Waals surface area contributed by atoms with Gasteiger partial charge >= 0.3 is 5.97 Å². The van der Waals surface area contributed by atoms with Crippen molar-refractivity contribution in [1.29, 1.82) is 0 Å². The quantitative estimate of drug-likeness (QED) is 0.663. The predicted octanol–water partition coefficient (Wildman–Crippen LogP) is 3.09. The molecule has 0 aliphatic carbocycles. The van der Waals surface area contributed by atoms with Gasteiger partial charge in [-0.2, -0.15) is 5.10 Å². The average Bonchev–Trinajstić information content (AvgIpc) is 3.14. The molecular weight excluding hydrogens is 415 g/mol. The van der Waals surface area contributed by atoms with E-state index in [9.17, 15) is 18.8 Å². The number of carbonyl (C=O) groups is 3. The third kappa shape index (κ3) is 4.37. The van der Waals surface area contributed by atoms with E-state index in [1.165, 1.54) is 21.7 Å². The molecule has 1 aromatic carbocycles. The molecule has 1 aromatic heterocycles. The normalized spacial score (nSPS) is 18.0. The second kappa shape index (κ2) is 9.10. The highest BCUT2D eigenvalue weighted by Gasteiger charge is 2.49. The second-order valence-electron chi connectivity index (χ2n) is 8.58. The van der Waals surface area contributed by atoms with Crippen molar-refractivity contribution in [3.63, 3.8) is 0 Å². The van der Waals surface area contributed by atoms with Gasteiger partial charge in [0.15, 0.2) is 5.69 Å². The number of nitrogens with one attached hydrogen (secondary N) is 1. The summed E-state index contributed by atoms with van der Waals surface area (Å²) in [5, 5.41) is 7.10. The van der Waals surface area contributed by atoms with Gasteiger partial charge in [0, 0.05) is 18.3 Å². The molecule has 1 unspecified atom stereocenters. The molecule has 0 saturated heterocycles. The minimum absolute atomic E-state index is 0.00349. The summed E-state index contributed by atoms with van der Waals surface area (Å²) >= 11 is 0. The molecule has 9 heteroatoms. The highest BCUT2D eigenvalue weighted by atomic mass is 19.1. The summed E-state index contributed by atoms with van der Waals surface area (Å²) in [7, 11) is 0. The fourth-order valence-electron chi connectivity index (χ4n) is 3.68. The number of halogens is 1. The molecule has 0 radical (unpaired) electrons. The number of benzene rings is 1. The Bertz CT molecular complexity index is 1050. The molecule has 1 N–H and O–H groups in total. The van der Waals surface area contributed by atoms with E-state index in [2.05, 4.69) is 10.4 Å². The maximum atomic E-state index is 14.4. The maximum absolute atomic E-state index is 14.4. The van der Waals surface area contributed by atoms with Gasteiger partial charge < -0.3 is 10.1 Å². The highest BCUT2D eigenvalue weighted by Crippen LogP contribution is 2.33. The van der Waals surface area contributed by atoms with Crippen LogP contribution < -0.4 is 10.2 Å². The Morgan fingerprint density at radius 2 is 2.03 bits per heavy atom. The lowest BCUT2D eigenvalue weighted by Gasteiger charge is -2.43. The van der Waals surface area contributed by atoms with E-state index < -0.39 is 23.2 Å². The van der Waals surface area contributed by atoms with Gasteiger partial charge in [-0.05, 0) is 50.8 Å². The van der Waals surface area contributed by atoms with Crippen molar-refractivity contribution < 1.29 is 23.5 Å². The number of rotatable bonds is 7. The Morgan fingerprint density at radius 3 is 2.66 bits per heavy atom. The van der Waals surface area contributed by atoms with Gasteiger partial charge in [0.2, 0.25) is 5.91 Å². The molecule has 1 aliphatic heterocycles. The number of aryl methyl sites for hydroxylation is 1. The van der Waals surface area contributed by atoms with E-state index in [4.69, 9.17) is 4.74 Å². The molecule has 3 rings (SSSR count). The fraction of sp³-hybridized carbons (Fsp3) is 0.478. The second-order valence-corrected chi connectivity index (χ2v) is 8.58. The first kappa shape index (κ1) is 23.4. The van der Waals surface area contributed by atoms with Crippen LogP contribution in [-0.2, 0) is 16.1 Å². The minimum Gasteiger partial charge on any atom is -0.461 e. The third-order valence-corrected chi connectivity index (χ3v) is 5.55. The third-order valence-electron chi connectivity index (χ3n) is 5.55. The number of hydrogen-bond acceptors (Lipinski definition) is 5. The highest BCUT2D eigenvalue weighted by molar-refractivity contribution is 6.12. The van der Waals surface area contributed by atoms with Crippen LogP contribution in [0.25, 0.3) is 0 Å². The van der Waals surface area contributed by atoms with Gasteiger partial charge in [-0.3, -0.25) is 19.2 Å². The summed E-state index contributed by atoms with van der Waals surface area (Å²) in [5.74, 6) is -1.68. The smallest absolute Gasteiger partial charge is 0.358 e. The van der Waals surface area contributed by atoms with Crippen molar-refractivity contribution in [1.82, 2.24) is 15.1 Å². The molecule has 0 spiro atoms. The zero-order valence-corrected chi connectivity index (χ0v) is 19.1. The minimum atomic E-state index is -1.39. The van der Waals surface area contributed by atoms with Gasteiger partial charge in [0.05, 0.1) is 13.2 Å². The Morgan fingerprint density at radius 1 is 1.31 bits per heavy atom. The number of nitrogens with zero attached hydrogens (tertiary/aromatic N) is 3. The van der Waals surface area contributed by atoms with E-state index in [1.807, 2.05) is 13.8 Å². The van der Waals surface area contributed by atoms with Crippen molar-refractivity contribution in [2.24, 2.45) is 5.92 Å². The Hall–Kier alpha value is -3.23. The van der Waals surface area contributed by atoms with Gasteiger partial charge in [-0.1, -0.05) is 19.9 Å². The van der Waals surface area contributed by atoms with E-state index in [1.54, 1.807) is 32.9 Å². The van der Waals surface area contributed by atoms with E-state index in [0.29, 0.717) is 18.0 Å². The molecule has 1 atom stereocenters. The first-order chi connectivity index (χ1) is 15.1. The number of carbonyl (C=O) groups excluding carboxylic acids is 3. The molecule has 0 bridgehead atoms. The van der Waals surface area contributed by atoms with Crippen LogP contribution in [0, 0.1) is 18.7 Å². The summed E-state index contributed by atoms with van der Waals surface area (Å²) in [6.45, 7) is 9.61. The summed E-state index contributed by atoms with van der Waals surface area (Å²) < 4.78 is 20.7. The van der Waals surface area contributed by atoms with Crippen LogP contribution in [0.5, 0.6) is 0 Å². The monoisotopic (exact) mass is 444 g/mol. The molecule has 32 heavy (non-hydrogen) atoms. The first-order valence-corrected chi connectivity index (χ1v) is 10.7. The largest absolute Gasteiger partial charge is 0.461 e. The molecule has 0 fully saturated rings. The van der Waals surface area contributed by atoms with Crippen molar-refractivity contribution in [2.75, 3.05) is 18.1 Å². The Kier molecular flexibility index (Phi) is 6.66. The number of hydrogen-bond donors (Lipinski definition) is 1. The number of ether oxygens (including phenoxy) is 1. The number of anilines is 1. The summed E-state index contributed by atoms with van der Waals surface area (Å²) in [5.41, 5.74) is -0.599. The summed E-state index contributed by atoms with van der Waals surface area (Å²) in [6, 6.07) is 5.75. The maximum Gasteiger partial charge on any atom is 0.358 e. The standard InChI is InChI=1S/C23H29FN4O4/c1-6-32-21(30)18-12-19-20(29)28(16-8-7-15(4)17(24)11-16)23(5,13-27(19)26-18)22(31)25-10-9-14(2)3/h7-8,11-12,14H,6,9-10,13H2,1-5H3,(H,25,31). The Labute approximate surface area is 186 Å². The SMILES string of the molecule is CCOC(=O)c1cc2n(n1)CC(C)(C(=O)NCCC(C)C)N(c1ccc(C)c(F)c1)C2=O. The van der Waals surface area contributed by atoms with Crippen molar-refractivity contribution in [3.05, 3.63) is 47.0 Å². The van der Waals surface area contributed by atoms with Gasteiger partial charge in [0.25, 0.3) is 5.91 Å². The molecule has 8 nitrogen and oxygen atoms in total. The van der Waals surface area contributed by atoms with Crippen LogP contribution in [0.15, 0.2) is 24.3 Å². The van der Waals surface area contributed by atoms with Crippen molar-refractivity contribution >= 4 is 23.5 Å². The van der Waals surface area contributed by atoms with E-state index >= 15 is 0 Å². The van der Waals surface area contributed by atoms with Crippen molar-refractivity contribution in [3.8, 4) is 0 Å². The van der Waals surface area contributed by atoms with Gasteiger partial charge in [-0.25, -0.2) is 9.18 Å². The van der Waals surface area contributed by atoms with Crippen LogP contribution in [0.4, 0.5) is 10.1 Å². The van der Waals surface area contributed by atoms with Crippen molar-refractivity contribution in [2.45, 2.75) is 53.1 Å². The van der Waals surface area contributed by atoms with Gasteiger partial charge in [0.1, 0.15) is 17.1 Å². The molecule has 2 aromatic rings. The van der Waals surface area contributed by atoms with Crippen LogP contribution in [0.1, 0.15) is 60.7 Å². The first-order valence-electron chi connectivity index (χ1n) is 10.7. The van der Waals surface area contributed by atoms with Crippen LogP contribution >= 0.6 is 0 Å². The number of aromatic nitrogens is 2. The molecule has 0 saturated carbocycles. The summed E-state index contributed by atoms with van der Waals surface area (Å²) in [6.07, 6.45) is 0.773. The zero-order valence-electron chi connectivity index (χ0n) is 19.1. The van der Waals surface area contributed by atoms with Crippen LogP contribution in [0.3, 0.4) is 0 Å². The fourth-order valence-corrected chi connectivity index (χ4v) is 3.68. The topological polar surface area (TPSA) is 93.5 Å². The average molecular weight is 445 g/mol. The van der Waals surface area contributed by atoms with E-state index in [-0.39, 0.29) is 36.1 Å². The van der Waals surface area contributed by atoms with Crippen LogP contribution in [-0.4, -0.2) is 46.3 Å². The van der Waals surface area contributed by atoms with E-state index in [0.717, 1.165) is 6.42 Å². The lowest BCUT2D eigenvalue weighted by atomic mass is 9.93. The van der Waals surface area contributed by atoms with Crippen LogP contribution in [0.2, 0.25) is 0 Å². The lowest BCUT2D eigenvalue weighted by molar-refractivity contribution is -0.126. The lowest BCUT2D eigenvalue weighted by Crippen LogP contribution is -2.64. The number of amides is 2.